The van der Waals surface area contributed by atoms with Gasteiger partial charge in [0, 0.05) is 24.7 Å². The SMILES string of the molecule is C#CCCNc1ccc(C(=O)O)c([N+](=O)[O-])c1. The van der Waals surface area contributed by atoms with Crippen LogP contribution in [0.15, 0.2) is 18.2 Å². The predicted molar refractivity (Wildman–Crippen MR) is 62.0 cm³/mol. The summed E-state index contributed by atoms with van der Waals surface area (Å²) < 4.78 is 0. The van der Waals surface area contributed by atoms with Crippen LogP contribution >= 0.6 is 0 Å². The van der Waals surface area contributed by atoms with Gasteiger partial charge in [0.2, 0.25) is 0 Å². The Kier molecular flexibility index (Phi) is 4.06. The monoisotopic (exact) mass is 234 g/mol. The fourth-order valence-electron chi connectivity index (χ4n) is 1.25. The third kappa shape index (κ3) is 3.21. The Morgan fingerprint density at radius 3 is 2.82 bits per heavy atom. The molecule has 0 aliphatic heterocycles. The van der Waals surface area contributed by atoms with E-state index in [9.17, 15) is 14.9 Å². The van der Waals surface area contributed by atoms with Gasteiger partial charge < -0.3 is 10.4 Å². The van der Waals surface area contributed by atoms with Crippen LogP contribution in [-0.4, -0.2) is 22.5 Å². The smallest absolute Gasteiger partial charge is 0.342 e. The van der Waals surface area contributed by atoms with Gasteiger partial charge in [0.05, 0.1) is 4.92 Å². The maximum absolute atomic E-state index is 10.7. The molecule has 6 heteroatoms. The molecule has 0 unspecified atom stereocenters. The molecular weight excluding hydrogens is 224 g/mol. The molecule has 0 bridgehead atoms. The highest BCUT2D eigenvalue weighted by Crippen LogP contribution is 2.23. The molecule has 0 aliphatic carbocycles. The Bertz CT molecular complexity index is 491. The number of nitro groups is 1. The third-order valence-electron chi connectivity index (χ3n) is 2.02. The van der Waals surface area contributed by atoms with Crippen molar-refractivity contribution in [2.45, 2.75) is 6.42 Å². The highest BCUT2D eigenvalue weighted by molar-refractivity contribution is 5.93. The molecule has 88 valence electrons. The van der Waals surface area contributed by atoms with E-state index in [4.69, 9.17) is 11.5 Å². The van der Waals surface area contributed by atoms with Gasteiger partial charge in [-0.3, -0.25) is 10.1 Å². The normalized spacial score (nSPS) is 9.35. The summed E-state index contributed by atoms with van der Waals surface area (Å²) >= 11 is 0. The van der Waals surface area contributed by atoms with Gasteiger partial charge in [0.15, 0.2) is 0 Å². The van der Waals surface area contributed by atoms with E-state index in [1.807, 2.05) is 0 Å². The first-order valence-electron chi connectivity index (χ1n) is 4.75. The Morgan fingerprint density at radius 2 is 2.29 bits per heavy atom. The Balaban J connectivity index is 2.98. The van der Waals surface area contributed by atoms with Crippen molar-refractivity contribution in [1.82, 2.24) is 0 Å². The van der Waals surface area contributed by atoms with Crippen molar-refractivity contribution < 1.29 is 14.8 Å². The van der Waals surface area contributed by atoms with Gasteiger partial charge in [0.25, 0.3) is 5.69 Å². The van der Waals surface area contributed by atoms with Crippen LogP contribution in [0.2, 0.25) is 0 Å². The number of nitrogens with one attached hydrogen (secondary N) is 1. The lowest BCUT2D eigenvalue weighted by molar-refractivity contribution is -0.385. The van der Waals surface area contributed by atoms with Crippen LogP contribution in [-0.2, 0) is 0 Å². The van der Waals surface area contributed by atoms with Gasteiger partial charge in [-0.2, -0.15) is 0 Å². The minimum atomic E-state index is -1.33. The van der Waals surface area contributed by atoms with E-state index >= 15 is 0 Å². The van der Waals surface area contributed by atoms with Gasteiger partial charge in [-0.25, -0.2) is 4.79 Å². The Hall–Kier alpha value is -2.55. The molecule has 0 saturated heterocycles. The number of nitrogens with zero attached hydrogens (tertiary/aromatic N) is 1. The summed E-state index contributed by atoms with van der Waals surface area (Å²) in [7, 11) is 0. The molecule has 0 heterocycles. The zero-order valence-corrected chi connectivity index (χ0v) is 8.84. The van der Waals surface area contributed by atoms with Crippen molar-refractivity contribution in [2.24, 2.45) is 0 Å². The van der Waals surface area contributed by atoms with Crippen LogP contribution in [0, 0.1) is 22.5 Å². The molecule has 1 aromatic carbocycles. The Labute approximate surface area is 97.4 Å². The molecule has 0 atom stereocenters. The van der Waals surface area contributed by atoms with Crippen LogP contribution in [0.4, 0.5) is 11.4 Å². The summed E-state index contributed by atoms with van der Waals surface area (Å²) in [4.78, 5) is 20.7. The summed E-state index contributed by atoms with van der Waals surface area (Å²) in [6, 6.07) is 3.84. The number of rotatable bonds is 5. The first-order chi connectivity index (χ1) is 8.06. The highest BCUT2D eigenvalue weighted by Gasteiger charge is 2.19. The molecular formula is C11H10N2O4. The average molecular weight is 234 g/mol. The number of nitro benzene ring substituents is 1. The minimum Gasteiger partial charge on any atom is -0.477 e. The Morgan fingerprint density at radius 1 is 1.59 bits per heavy atom. The third-order valence-corrected chi connectivity index (χ3v) is 2.02. The van der Waals surface area contributed by atoms with Crippen molar-refractivity contribution in [3.63, 3.8) is 0 Å². The van der Waals surface area contributed by atoms with Crippen LogP contribution in [0.25, 0.3) is 0 Å². The highest BCUT2D eigenvalue weighted by atomic mass is 16.6. The van der Waals surface area contributed by atoms with Gasteiger partial charge in [-0.1, -0.05) is 0 Å². The summed E-state index contributed by atoms with van der Waals surface area (Å²) in [5, 5.41) is 22.3. The molecule has 0 aromatic heterocycles. The molecule has 17 heavy (non-hydrogen) atoms. The van der Waals surface area contributed by atoms with Crippen molar-refractivity contribution in [1.29, 1.82) is 0 Å². The summed E-state index contributed by atoms with van der Waals surface area (Å²) in [5.74, 6) is 1.09. The molecule has 0 spiro atoms. The number of benzene rings is 1. The van der Waals surface area contributed by atoms with Gasteiger partial charge in [-0.05, 0) is 12.1 Å². The number of carbonyl (C=O) groups is 1. The topological polar surface area (TPSA) is 92.5 Å². The predicted octanol–water partition coefficient (Wildman–Crippen LogP) is 1.73. The molecule has 0 saturated carbocycles. The number of aromatic carboxylic acids is 1. The number of terminal acetylenes is 1. The van der Waals surface area contributed by atoms with E-state index < -0.39 is 16.6 Å². The van der Waals surface area contributed by atoms with Gasteiger partial charge in [0.1, 0.15) is 5.56 Å². The number of carboxylic acids is 1. The van der Waals surface area contributed by atoms with E-state index in [0.717, 1.165) is 0 Å². The molecule has 6 nitrogen and oxygen atoms in total. The van der Waals surface area contributed by atoms with E-state index in [1.54, 1.807) is 0 Å². The van der Waals surface area contributed by atoms with Gasteiger partial charge >= 0.3 is 5.97 Å². The number of carboxylic acid groups (broad SMARTS) is 1. The van der Waals surface area contributed by atoms with Crippen molar-refractivity contribution >= 4 is 17.3 Å². The van der Waals surface area contributed by atoms with E-state index in [2.05, 4.69) is 11.2 Å². The van der Waals surface area contributed by atoms with E-state index in [0.29, 0.717) is 18.7 Å². The molecule has 0 aliphatic rings. The molecule has 0 amide bonds. The maximum atomic E-state index is 10.7. The first kappa shape index (κ1) is 12.5. The molecule has 1 rings (SSSR count). The lowest BCUT2D eigenvalue weighted by Gasteiger charge is -2.05. The van der Waals surface area contributed by atoms with E-state index in [1.165, 1.54) is 18.2 Å². The van der Waals surface area contributed by atoms with Crippen LogP contribution in [0.1, 0.15) is 16.8 Å². The second kappa shape index (κ2) is 5.51. The van der Waals surface area contributed by atoms with Crippen molar-refractivity contribution in [3.05, 3.63) is 33.9 Å². The van der Waals surface area contributed by atoms with Crippen molar-refractivity contribution in [3.8, 4) is 12.3 Å². The molecule has 0 radical (unpaired) electrons. The summed E-state index contributed by atoms with van der Waals surface area (Å²) in [5.41, 5.74) is -0.308. The van der Waals surface area contributed by atoms with Crippen LogP contribution in [0.3, 0.4) is 0 Å². The first-order valence-corrected chi connectivity index (χ1v) is 4.75. The number of hydrogen-bond acceptors (Lipinski definition) is 4. The van der Waals surface area contributed by atoms with Crippen LogP contribution < -0.4 is 5.32 Å². The zero-order chi connectivity index (χ0) is 12.8. The summed E-state index contributed by atoms with van der Waals surface area (Å²) in [6.07, 6.45) is 5.54. The van der Waals surface area contributed by atoms with E-state index in [-0.39, 0.29) is 5.56 Å². The second-order valence-electron chi connectivity index (χ2n) is 3.18. The maximum Gasteiger partial charge on any atom is 0.342 e. The lowest BCUT2D eigenvalue weighted by Crippen LogP contribution is -2.05. The minimum absolute atomic E-state index is 0.336. The number of anilines is 1. The number of hydrogen-bond donors (Lipinski definition) is 2. The molecule has 1 aromatic rings. The summed E-state index contributed by atoms with van der Waals surface area (Å²) in [6.45, 7) is 0.472. The second-order valence-corrected chi connectivity index (χ2v) is 3.18. The van der Waals surface area contributed by atoms with Crippen LogP contribution in [0.5, 0.6) is 0 Å². The largest absolute Gasteiger partial charge is 0.477 e. The molecule has 0 fully saturated rings. The van der Waals surface area contributed by atoms with Crippen molar-refractivity contribution in [2.75, 3.05) is 11.9 Å². The zero-order valence-electron chi connectivity index (χ0n) is 8.84. The quantitative estimate of drug-likeness (QED) is 0.350. The van der Waals surface area contributed by atoms with Gasteiger partial charge in [-0.15, -0.1) is 12.3 Å². The lowest BCUT2D eigenvalue weighted by atomic mass is 10.1. The molecule has 2 N–H and O–H groups in total. The fourth-order valence-corrected chi connectivity index (χ4v) is 1.25. The standard InChI is InChI=1S/C11H10N2O4/c1-2-3-6-12-8-4-5-9(11(14)15)10(7-8)13(16)17/h1,4-5,7,12H,3,6H2,(H,14,15). The fraction of sp³-hybridized carbons (Fsp3) is 0.182. The average Bonchev–Trinajstić information content (AvgIpc) is 2.29.